The molecular weight excluding hydrogens is 386 g/mol. The van der Waals surface area contributed by atoms with E-state index in [-0.39, 0.29) is 29.8 Å². The zero-order valence-electron chi connectivity index (χ0n) is 15.2. The molecule has 1 saturated carbocycles. The molecule has 9 heteroatoms. The molecule has 1 unspecified atom stereocenters. The van der Waals surface area contributed by atoms with Crippen molar-refractivity contribution in [1.29, 1.82) is 0 Å². The van der Waals surface area contributed by atoms with Gasteiger partial charge in [-0.3, -0.25) is 9.59 Å². The van der Waals surface area contributed by atoms with Gasteiger partial charge in [-0.2, -0.15) is 0 Å². The third kappa shape index (κ3) is 4.05. The van der Waals surface area contributed by atoms with Crippen molar-refractivity contribution in [3.8, 4) is 0 Å². The second kappa shape index (κ2) is 7.52. The van der Waals surface area contributed by atoms with Crippen LogP contribution < -0.4 is 4.72 Å². The maximum absolute atomic E-state index is 12.9. The lowest BCUT2D eigenvalue weighted by Gasteiger charge is -2.35. The van der Waals surface area contributed by atoms with Gasteiger partial charge in [0.05, 0.1) is 0 Å². The van der Waals surface area contributed by atoms with Gasteiger partial charge in [-0.25, -0.2) is 13.1 Å². The maximum atomic E-state index is 12.9. The molecule has 27 heavy (non-hydrogen) atoms. The Bertz CT molecular complexity index is 797. The number of likely N-dealkylation sites (tertiary alicyclic amines) is 2. The highest BCUT2D eigenvalue weighted by atomic mass is 32.2. The molecule has 3 fully saturated rings. The summed E-state index contributed by atoms with van der Waals surface area (Å²) in [5.41, 5.74) is 0. The molecule has 4 rings (SSSR count). The van der Waals surface area contributed by atoms with Crippen molar-refractivity contribution >= 4 is 33.2 Å². The van der Waals surface area contributed by atoms with Gasteiger partial charge >= 0.3 is 0 Å². The van der Waals surface area contributed by atoms with Gasteiger partial charge in [0, 0.05) is 31.6 Å². The summed E-state index contributed by atoms with van der Waals surface area (Å²) in [7, 11) is -3.48. The van der Waals surface area contributed by atoms with Crippen LogP contribution in [-0.4, -0.2) is 61.7 Å². The Morgan fingerprint density at radius 2 is 1.78 bits per heavy atom. The van der Waals surface area contributed by atoms with Crippen LogP contribution in [0.2, 0.25) is 0 Å². The minimum atomic E-state index is -3.48. The van der Waals surface area contributed by atoms with E-state index in [9.17, 15) is 18.0 Å². The molecule has 0 spiro atoms. The van der Waals surface area contributed by atoms with Crippen LogP contribution in [0, 0.1) is 5.92 Å². The highest BCUT2D eigenvalue weighted by molar-refractivity contribution is 7.91. The molecule has 1 N–H and O–H groups in total. The van der Waals surface area contributed by atoms with Gasteiger partial charge in [-0.1, -0.05) is 6.07 Å². The molecule has 3 aliphatic rings. The Kier molecular flexibility index (Phi) is 5.26. The highest BCUT2D eigenvalue weighted by Crippen LogP contribution is 2.34. The fourth-order valence-corrected chi connectivity index (χ4v) is 6.29. The number of nitrogens with one attached hydrogen (secondary N) is 1. The van der Waals surface area contributed by atoms with E-state index in [4.69, 9.17) is 0 Å². The lowest BCUT2D eigenvalue weighted by atomic mass is 10.0. The van der Waals surface area contributed by atoms with Crippen LogP contribution in [0.4, 0.5) is 0 Å². The SMILES string of the molecule is O=C(C1CCCN1C(=O)C1CC1)N1CCC(NS(=O)(=O)c2cccs2)CC1. The molecule has 7 nitrogen and oxygen atoms in total. The van der Waals surface area contributed by atoms with E-state index in [2.05, 4.69) is 4.72 Å². The Morgan fingerprint density at radius 3 is 2.41 bits per heavy atom. The fourth-order valence-electron chi connectivity index (χ4n) is 3.97. The summed E-state index contributed by atoms with van der Waals surface area (Å²) >= 11 is 1.20. The first-order valence-electron chi connectivity index (χ1n) is 9.61. The van der Waals surface area contributed by atoms with Crippen LogP contribution in [0.1, 0.15) is 38.5 Å². The summed E-state index contributed by atoms with van der Waals surface area (Å²) in [6, 6.07) is 2.83. The molecule has 2 amide bonds. The summed E-state index contributed by atoms with van der Waals surface area (Å²) in [6.45, 7) is 1.74. The summed E-state index contributed by atoms with van der Waals surface area (Å²) in [5.74, 6) is 0.307. The summed E-state index contributed by atoms with van der Waals surface area (Å²) in [4.78, 5) is 28.9. The first-order chi connectivity index (χ1) is 13.0. The monoisotopic (exact) mass is 411 g/mol. The fraction of sp³-hybridized carbons (Fsp3) is 0.667. The molecule has 0 bridgehead atoms. The lowest BCUT2D eigenvalue weighted by molar-refractivity contribution is -0.145. The lowest BCUT2D eigenvalue weighted by Crippen LogP contribution is -2.52. The van der Waals surface area contributed by atoms with Crippen molar-refractivity contribution in [2.75, 3.05) is 19.6 Å². The zero-order chi connectivity index (χ0) is 19.0. The van der Waals surface area contributed by atoms with Crippen molar-refractivity contribution < 1.29 is 18.0 Å². The zero-order valence-corrected chi connectivity index (χ0v) is 16.8. The predicted octanol–water partition coefficient (Wildman–Crippen LogP) is 1.42. The van der Waals surface area contributed by atoms with Gasteiger partial charge in [0.1, 0.15) is 10.3 Å². The van der Waals surface area contributed by atoms with Crippen molar-refractivity contribution in [1.82, 2.24) is 14.5 Å². The number of carbonyl (C=O) groups excluding carboxylic acids is 2. The number of piperidine rings is 1. The largest absolute Gasteiger partial charge is 0.341 e. The summed E-state index contributed by atoms with van der Waals surface area (Å²) in [5, 5.41) is 1.74. The van der Waals surface area contributed by atoms with Gasteiger partial charge < -0.3 is 9.80 Å². The number of hydrogen-bond donors (Lipinski definition) is 1. The molecule has 0 aromatic carbocycles. The van der Waals surface area contributed by atoms with Crippen molar-refractivity contribution in [3.05, 3.63) is 17.5 Å². The topological polar surface area (TPSA) is 86.8 Å². The molecule has 1 atom stereocenters. The van der Waals surface area contributed by atoms with Crippen LogP contribution >= 0.6 is 11.3 Å². The van der Waals surface area contributed by atoms with E-state index < -0.39 is 10.0 Å². The van der Waals surface area contributed by atoms with E-state index >= 15 is 0 Å². The number of carbonyl (C=O) groups is 2. The summed E-state index contributed by atoms with van der Waals surface area (Å²) < 4.78 is 27.8. The standard InChI is InChI=1S/C18H25N3O4S2/c22-17(13-5-6-13)21-9-1-3-15(21)18(23)20-10-7-14(8-11-20)19-27(24,25)16-4-2-12-26-16/h2,4,12-15,19H,1,3,5-11H2. The molecule has 148 valence electrons. The number of nitrogens with zero attached hydrogens (tertiary/aromatic N) is 2. The van der Waals surface area contributed by atoms with Gasteiger partial charge in [0.2, 0.25) is 21.8 Å². The number of amides is 2. The van der Waals surface area contributed by atoms with Gasteiger partial charge in [-0.05, 0) is 50.0 Å². The third-order valence-corrected chi connectivity index (χ3v) is 8.55. The minimum absolute atomic E-state index is 0.0288. The highest BCUT2D eigenvalue weighted by Gasteiger charge is 2.42. The minimum Gasteiger partial charge on any atom is -0.341 e. The quantitative estimate of drug-likeness (QED) is 0.794. The van der Waals surface area contributed by atoms with E-state index in [0.29, 0.717) is 36.7 Å². The molecule has 1 aromatic heterocycles. The van der Waals surface area contributed by atoms with Gasteiger partial charge in [-0.15, -0.1) is 11.3 Å². The third-order valence-electron chi connectivity index (χ3n) is 5.64. The van der Waals surface area contributed by atoms with Crippen LogP contribution in [0.5, 0.6) is 0 Å². The Labute approximate surface area is 163 Å². The van der Waals surface area contributed by atoms with Gasteiger partial charge in [0.15, 0.2) is 0 Å². The van der Waals surface area contributed by atoms with E-state index in [1.807, 2.05) is 0 Å². The van der Waals surface area contributed by atoms with E-state index in [0.717, 1.165) is 25.7 Å². The smallest absolute Gasteiger partial charge is 0.250 e. The van der Waals surface area contributed by atoms with Crippen LogP contribution in [0.15, 0.2) is 21.7 Å². The van der Waals surface area contributed by atoms with Crippen molar-refractivity contribution in [3.63, 3.8) is 0 Å². The predicted molar refractivity (Wildman–Crippen MR) is 102 cm³/mol. The van der Waals surface area contributed by atoms with E-state index in [1.54, 1.807) is 27.3 Å². The summed E-state index contributed by atoms with van der Waals surface area (Å²) in [6.07, 6.45) is 4.71. The van der Waals surface area contributed by atoms with E-state index in [1.165, 1.54) is 11.3 Å². The van der Waals surface area contributed by atoms with Crippen molar-refractivity contribution in [2.45, 2.75) is 54.8 Å². The Balaban J connectivity index is 1.32. The van der Waals surface area contributed by atoms with Crippen LogP contribution in [0.25, 0.3) is 0 Å². The molecule has 1 aromatic rings. The average Bonchev–Trinajstić information content (AvgIpc) is 3.14. The molecule has 1 aliphatic carbocycles. The number of rotatable bonds is 5. The first-order valence-corrected chi connectivity index (χ1v) is 12.0. The van der Waals surface area contributed by atoms with Gasteiger partial charge in [0.25, 0.3) is 0 Å². The van der Waals surface area contributed by atoms with Crippen molar-refractivity contribution in [2.24, 2.45) is 5.92 Å². The maximum Gasteiger partial charge on any atom is 0.250 e. The molecule has 2 saturated heterocycles. The Morgan fingerprint density at radius 1 is 1.04 bits per heavy atom. The molecule has 0 radical (unpaired) electrons. The first kappa shape index (κ1) is 18.9. The molecule has 3 heterocycles. The number of thiophene rings is 1. The average molecular weight is 412 g/mol. The second-order valence-corrected chi connectivity index (χ2v) is 10.5. The molecule has 2 aliphatic heterocycles. The second-order valence-electron chi connectivity index (χ2n) is 7.62. The number of hydrogen-bond acceptors (Lipinski definition) is 5. The Hall–Kier alpha value is -1.45. The number of sulfonamides is 1. The normalized spacial score (nSPS) is 24.4. The van der Waals surface area contributed by atoms with Crippen LogP contribution in [-0.2, 0) is 19.6 Å². The van der Waals surface area contributed by atoms with Crippen LogP contribution in [0.3, 0.4) is 0 Å². The molecular formula is C18H25N3O4S2.